The van der Waals surface area contributed by atoms with Gasteiger partial charge in [-0.1, -0.05) is 0 Å². The Balaban J connectivity index is 0.000000167. The molecule has 0 N–H and O–H groups in total. The molecular weight excluding hydrogens is 270 g/mol. The second kappa shape index (κ2) is 8.14. The van der Waals surface area contributed by atoms with Gasteiger partial charge in [0.2, 0.25) is 0 Å². The summed E-state index contributed by atoms with van der Waals surface area (Å²) < 4.78 is 0. The van der Waals surface area contributed by atoms with E-state index >= 15 is 0 Å². The Labute approximate surface area is 100 Å². The molecule has 11 heavy (non-hydrogen) atoms. The van der Waals surface area contributed by atoms with Crippen molar-refractivity contribution in [3.63, 3.8) is 0 Å². The molecule has 0 spiro atoms. The Morgan fingerprint density at radius 1 is 0.545 bits per heavy atom. The molecule has 0 aliphatic heterocycles. The second-order valence-electron chi connectivity index (χ2n) is 1.92. The van der Waals surface area contributed by atoms with Crippen molar-refractivity contribution < 1.29 is 40.4 Å². The maximum Gasteiger partial charge on any atom is 0 e. The molecule has 0 fully saturated rings. The summed E-state index contributed by atoms with van der Waals surface area (Å²) in [4.78, 5) is 0. The van der Waals surface area contributed by atoms with Crippen molar-refractivity contribution in [2.24, 2.45) is 0 Å². The van der Waals surface area contributed by atoms with Crippen LogP contribution < -0.4 is 0 Å². The average Bonchev–Trinajstić information content (AvgIpc) is 2.67. The summed E-state index contributed by atoms with van der Waals surface area (Å²) in [5.74, 6) is 0. The van der Waals surface area contributed by atoms with Crippen molar-refractivity contribution in [1.29, 1.82) is 0 Å². The standard InChI is InChI=1S/2C5H5.Sm/c2*1-2-4-5-3-1;/h2*1-5H;/q2*-1;. The summed E-state index contributed by atoms with van der Waals surface area (Å²) in [6.07, 6.45) is 0. The van der Waals surface area contributed by atoms with Crippen LogP contribution in [-0.2, 0) is 0 Å². The van der Waals surface area contributed by atoms with Crippen LogP contribution >= 0.6 is 0 Å². The summed E-state index contributed by atoms with van der Waals surface area (Å²) in [7, 11) is 0. The molecule has 1 heteroatoms. The molecule has 0 bridgehead atoms. The second-order valence-corrected chi connectivity index (χ2v) is 1.92. The first-order valence-corrected chi connectivity index (χ1v) is 3.33. The van der Waals surface area contributed by atoms with Gasteiger partial charge in [0, 0.05) is 40.4 Å². The van der Waals surface area contributed by atoms with Crippen molar-refractivity contribution in [3.8, 4) is 0 Å². The van der Waals surface area contributed by atoms with Crippen LogP contribution in [0.4, 0.5) is 0 Å². The number of hydrogen-bond donors (Lipinski definition) is 0. The van der Waals surface area contributed by atoms with Crippen LogP contribution in [0.25, 0.3) is 0 Å². The van der Waals surface area contributed by atoms with Crippen molar-refractivity contribution in [2.45, 2.75) is 0 Å². The van der Waals surface area contributed by atoms with Gasteiger partial charge in [-0.2, -0.15) is 36.4 Å². The van der Waals surface area contributed by atoms with Crippen LogP contribution in [0.1, 0.15) is 0 Å². The van der Waals surface area contributed by atoms with Crippen LogP contribution in [-0.4, -0.2) is 0 Å². The van der Waals surface area contributed by atoms with Crippen molar-refractivity contribution >= 4 is 0 Å². The summed E-state index contributed by atoms with van der Waals surface area (Å²) in [6, 6.07) is 20.0. The van der Waals surface area contributed by atoms with E-state index in [2.05, 4.69) is 0 Å². The van der Waals surface area contributed by atoms with Crippen LogP contribution in [0.2, 0.25) is 0 Å². The maximum atomic E-state index is 2.00. The van der Waals surface area contributed by atoms with E-state index in [1.807, 2.05) is 60.7 Å². The van der Waals surface area contributed by atoms with Crippen molar-refractivity contribution in [2.75, 3.05) is 0 Å². The van der Waals surface area contributed by atoms with Crippen LogP contribution in [0.15, 0.2) is 60.7 Å². The van der Waals surface area contributed by atoms with Gasteiger partial charge < -0.3 is 0 Å². The molecule has 0 aliphatic rings. The molecule has 0 aliphatic carbocycles. The Bertz CT molecular complexity index is 144. The van der Waals surface area contributed by atoms with Crippen LogP contribution in [0.3, 0.4) is 0 Å². The number of rotatable bonds is 0. The monoisotopic (exact) mass is 282 g/mol. The van der Waals surface area contributed by atoms with E-state index in [1.165, 1.54) is 0 Å². The third kappa shape index (κ3) is 6.44. The molecule has 2 aromatic carbocycles. The van der Waals surface area contributed by atoms with E-state index in [4.69, 9.17) is 0 Å². The van der Waals surface area contributed by atoms with Gasteiger partial charge in [0.15, 0.2) is 0 Å². The molecule has 0 radical (unpaired) electrons. The van der Waals surface area contributed by atoms with Crippen molar-refractivity contribution in [3.05, 3.63) is 60.7 Å². The Morgan fingerprint density at radius 3 is 0.909 bits per heavy atom. The zero-order chi connectivity index (χ0) is 7.07. The minimum atomic E-state index is 0. The molecule has 2 rings (SSSR count). The molecule has 58 valence electrons. The Kier molecular flexibility index (Phi) is 8.17. The van der Waals surface area contributed by atoms with Gasteiger partial charge in [-0.3, -0.25) is 0 Å². The predicted molar refractivity (Wildman–Crippen MR) is 44.1 cm³/mol. The van der Waals surface area contributed by atoms with Crippen molar-refractivity contribution in [1.82, 2.24) is 0 Å². The van der Waals surface area contributed by atoms with E-state index in [0.29, 0.717) is 0 Å². The van der Waals surface area contributed by atoms with E-state index < -0.39 is 0 Å². The molecular formula is C10H10Sm-2. The zero-order valence-electron chi connectivity index (χ0n) is 6.18. The predicted octanol–water partition coefficient (Wildman–Crippen LogP) is 2.81. The van der Waals surface area contributed by atoms with Gasteiger partial charge in [0.1, 0.15) is 0 Å². The van der Waals surface area contributed by atoms with E-state index in [-0.39, 0.29) is 40.4 Å². The third-order valence-electron chi connectivity index (χ3n) is 1.11. The Hall–Kier alpha value is 0.0377. The van der Waals surface area contributed by atoms with E-state index in [9.17, 15) is 0 Å². The van der Waals surface area contributed by atoms with E-state index in [1.54, 1.807) is 0 Å². The van der Waals surface area contributed by atoms with Gasteiger partial charge in [0.05, 0.1) is 0 Å². The minimum absolute atomic E-state index is 0. The summed E-state index contributed by atoms with van der Waals surface area (Å²) in [5.41, 5.74) is 0. The SMILES string of the molecule is [Sm].c1cc[cH-]c1.c1cc[cH-]c1. The number of hydrogen-bond acceptors (Lipinski definition) is 0. The van der Waals surface area contributed by atoms with Gasteiger partial charge in [-0.25, -0.2) is 24.3 Å². The fourth-order valence-corrected chi connectivity index (χ4v) is 0.642. The fraction of sp³-hybridized carbons (Fsp3) is 0. The zero-order valence-corrected chi connectivity index (χ0v) is 8.80. The maximum absolute atomic E-state index is 2.00. The van der Waals surface area contributed by atoms with Gasteiger partial charge >= 0.3 is 0 Å². The first-order chi connectivity index (χ1) is 5.00. The normalized spacial score (nSPS) is 7.27. The van der Waals surface area contributed by atoms with Gasteiger partial charge in [-0.05, 0) is 0 Å². The molecule has 0 saturated carbocycles. The third-order valence-corrected chi connectivity index (χ3v) is 1.11. The molecule has 2 aromatic rings. The topological polar surface area (TPSA) is 0 Å². The molecule has 0 saturated heterocycles. The molecule has 0 aromatic heterocycles. The van der Waals surface area contributed by atoms with Gasteiger partial charge in [-0.15, -0.1) is 0 Å². The first kappa shape index (κ1) is 11.0. The summed E-state index contributed by atoms with van der Waals surface area (Å²) >= 11 is 0. The largest absolute Gasteiger partial charge is 0.214 e. The fourth-order valence-electron chi connectivity index (χ4n) is 0.642. The quantitative estimate of drug-likeness (QED) is 0.651. The molecule has 0 atom stereocenters. The summed E-state index contributed by atoms with van der Waals surface area (Å²) in [6.45, 7) is 0. The van der Waals surface area contributed by atoms with Gasteiger partial charge in [0.25, 0.3) is 0 Å². The molecule has 0 nitrogen and oxygen atoms in total. The minimum Gasteiger partial charge on any atom is -0.214 e. The van der Waals surface area contributed by atoms with Crippen LogP contribution in [0, 0.1) is 40.4 Å². The first-order valence-electron chi connectivity index (χ1n) is 3.33. The smallest absolute Gasteiger partial charge is 0 e. The molecule has 0 amide bonds. The average molecular weight is 281 g/mol. The van der Waals surface area contributed by atoms with E-state index in [0.717, 1.165) is 0 Å². The summed E-state index contributed by atoms with van der Waals surface area (Å²) in [5, 5.41) is 0. The Morgan fingerprint density at radius 2 is 0.818 bits per heavy atom. The van der Waals surface area contributed by atoms with Crippen LogP contribution in [0.5, 0.6) is 0 Å². The molecule has 0 unspecified atom stereocenters. The molecule has 0 heterocycles.